The minimum atomic E-state index is -0.0637. The van der Waals surface area contributed by atoms with E-state index in [9.17, 15) is 4.79 Å². The van der Waals surface area contributed by atoms with Gasteiger partial charge < -0.3 is 4.74 Å². The first-order valence-corrected chi connectivity index (χ1v) is 4.47. The standard InChI is InChI=1S/C10H14N2O2/c1-6(2)9-8(7(3)13)10(14-4)12-5-11-9/h5-6H,1-4H3. The number of aromatic nitrogens is 2. The van der Waals surface area contributed by atoms with Gasteiger partial charge in [0.25, 0.3) is 0 Å². The smallest absolute Gasteiger partial charge is 0.227 e. The van der Waals surface area contributed by atoms with E-state index < -0.39 is 0 Å². The van der Waals surface area contributed by atoms with E-state index in [1.807, 2.05) is 13.8 Å². The van der Waals surface area contributed by atoms with Gasteiger partial charge in [0, 0.05) is 0 Å². The molecule has 0 aromatic carbocycles. The summed E-state index contributed by atoms with van der Waals surface area (Å²) in [5.74, 6) is 0.480. The van der Waals surface area contributed by atoms with Gasteiger partial charge in [-0.15, -0.1) is 0 Å². The Kier molecular flexibility index (Phi) is 3.17. The highest BCUT2D eigenvalue weighted by Gasteiger charge is 2.18. The lowest BCUT2D eigenvalue weighted by atomic mass is 10.0. The second kappa shape index (κ2) is 4.17. The lowest BCUT2D eigenvalue weighted by Crippen LogP contribution is -2.08. The van der Waals surface area contributed by atoms with Gasteiger partial charge in [-0.1, -0.05) is 13.8 Å². The van der Waals surface area contributed by atoms with Gasteiger partial charge in [0.2, 0.25) is 5.88 Å². The Hall–Kier alpha value is -1.45. The van der Waals surface area contributed by atoms with Crippen molar-refractivity contribution in [3.05, 3.63) is 17.6 Å². The molecule has 0 spiro atoms. The van der Waals surface area contributed by atoms with Crippen LogP contribution in [0, 0.1) is 0 Å². The van der Waals surface area contributed by atoms with Crippen LogP contribution < -0.4 is 4.74 Å². The maximum absolute atomic E-state index is 11.4. The number of Topliss-reactive ketones (excluding diaryl/α,β-unsaturated/α-hetero) is 1. The summed E-state index contributed by atoms with van der Waals surface area (Å²) in [6.07, 6.45) is 1.42. The van der Waals surface area contributed by atoms with Gasteiger partial charge >= 0.3 is 0 Å². The van der Waals surface area contributed by atoms with Crippen molar-refractivity contribution in [1.82, 2.24) is 9.97 Å². The van der Waals surface area contributed by atoms with Crippen LogP contribution in [0.5, 0.6) is 5.88 Å². The molecule has 14 heavy (non-hydrogen) atoms. The molecule has 0 N–H and O–H groups in total. The molecule has 0 amide bonds. The van der Waals surface area contributed by atoms with E-state index >= 15 is 0 Å². The van der Waals surface area contributed by atoms with Crippen LogP contribution in [-0.2, 0) is 0 Å². The highest BCUT2D eigenvalue weighted by molar-refractivity contribution is 5.97. The molecule has 0 aliphatic rings. The Morgan fingerprint density at radius 1 is 1.43 bits per heavy atom. The molecule has 76 valence electrons. The normalized spacial score (nSPS) is 10.4. The highest BCUT2D eigenvalue weighted by Crippen LogP contribution is 2.23. The molecule has 1 rings (SSSR count). The molecule has 0 atom stereocenters. The van der Waals surface area contributed by atoms with Crippen molar-refractivity contribution in [3.8, 4) is 5.88 Å². The third-order valence-corrected chi connectivity index (χ3v) is 1.93. The summed E-state index contributed by atoms with van der Waals surface area (Å²) >= 11 is 0. The van der Waals surface area contributed by atoms with Gasteiger partial charge in [0.05, 0.1) is 12.8 Å². The third-order valence-electron chi connectivity index (χ3n) is 1.93. The van der Waals surface area contributed by atoms with Crippen LogP contribution >= 0.6 is 0 Å². The molecule has 1 aromatic heterocycles. The summed E-state index contributed by atoms with van der Waals surface area (Å²) in [6, 6.07) is 0. The number of nitrogens with zero attached hydrogens (tertiary/aromatic N) is 2. The molecule has 0 saturated carbocycles. The van der Waals surface area contributed by atoms with Crippen LogP contribution in [0.25, 0.3) is 0 Å². The highest BCUT2D eigenvalue weighted by atomic mass is 16.5. The van der Waals surface area contributed by atoms with E-state index in [0.29, 0.717) is 11.4 Å². The van der Waals surface area contributed by atoms with Crippen LogP contribution in [-0.4, -0.2) is 22.9 Å². The predicted molar refractivity (Wildman–Crippen MR) is 52.7 cm³/mol. The van der Waals surface area contributed by atoms with Gasteiger partial charge in [0.1, 0.15) is 11.9 Å². The second-order valence-electron chi connectivity index (χ2n) is 3.35. The quantitative estimate of drug-likeness (QED) is 0.688. The maximum atomic E-state index is 11.4. The van der Waals surface area contributed by atoms with Crippen LogP contribution in [0.15, 0.2) is 6.33 Å². The van der Waals surface area contributed by atoms with Crippen molar-refractivity contribution >= 4 is 5.78 Å². The lowest BCUT2D eigenvalue weighted by molar-refractivity contribution is 0.101. The first-order valence-electron chi connectivity index (χ1n) is 4.47. The van der Waals surface area contributed by atoms with Crippen LogP contribution in [0.1, 0.15) is 42.7 Å². The summed E-state index contributed by atoms with van der Waals surface area (Å²) in [6.45, 7) is 5.45. The van der Waals surface area contributed by atoms with E-state index in [0.717, 1.165) is 5.69 Å². The van der Waals surface area contributed by atoms with E-state index in [1.54, 1.807) is 0 Å². The fourth-order valence-corrected chi connectivity index (χ4v) is 1.31. The largest absolute Gasteiger partial charge is 0.480 e. The number of methoxy groups -OCH3 is 1. The summed E-state index contributed by atoms with van der Waals surface area (Å²) in [4.78, 5) is 19.4. The molecule has 1 aromatic rings. The monoisotopic (exact) mass is 194 g/mol. The zero-order valence-electron chi connectivity index (χ0n) is 8.87. The van der Waals surface area contributed by atoms with Gasteiger partial charge in [0.15, 0.2) is 5.78 Å². The Morgan fingerprint density at radius 3 is 2.50 bits per heavy atom. The average molecular weight is 194 g/mol. The molecular weight excluding hydrogens is 180 g/mol. The Labute approximate surface area is 83.3 Å². The zero-order valence-corrected chi connectivity index (χ0v) is 8.87. The fourth-order valence-electron chi connectivity index (χ4n) is 1.31. The van der Waals surface area contributed by atoms with Crippen molar-refractivity contribution in [2.24, 2.45) is 0 Å². The number of hydrogen-bond acceptors (Lipinski definition) is 4. The number of ketones is 1. The SMILES string of the molecule is COc1ncnc(C(C)C)c1C(C)=O. The summed E-state index contributed by atoms with van der Waals surface area (Å²) < 4.78 is 5.03. The van der Waals surface area contributed by atoms with E-state index in [1.165, 1.54) is 20.4 Å². The van der Waals surface area contributed by atoms with Crippen molar-refractivity contribution in [3.63, 3.8) is 0 Å². The number of ether oxygens (including phenoxy) is 1. The third kappa shape index (κ3) is 1.89. The van der Waals surface area contributed by atoms with Gasteiger partial charge in [-0.25, -0.2) is 9.97 Å². The summed E-state index contributed by atoms with van der Waals surface area (Å²) in [5.41, 5.74) is 1.23. The van der Waals surface area contributed by atoms with Crippen LogP contribution in [0.4, 0.5) is 0 Å². The summed E-state index contributed by atoms with van der Waals surface area (Å²) in [5, 5.41) is 0. The lowest BCUT2D eigenvalue weighted by Gasteiger charge is -2.11. The maximum Gasteiger partial charge on any atom is 0.227 e. The van der Waals surface area contributed by atoms with Crippen molar-refractivity contribution in [2.75, 3.05) is 7.11 Å². The molecule has 1 heterocycles. The van der Waals surface area contributed by atoms with Crippen LogP contribution in [0.2, 0.25) is 0 Å². The average Bonchev–Trinajstić information content (AvgIpc) is 2.16. The predicted octanol–water partition coefficient (Wildman–Crippen LogP) is 1.81. The van der Waals surface area contributed by atoms with Gasteiger partial charge in [-0.3, -0.25) is 4.79 Å². The number of rotatable bonds is 3. The van der Waals surface area contributed by atoms with Gasteiger partial charge in [-0.2, -0.15) is 0 Å². The molecule has 0 saturated heterocycles. The molecule has 0 aliphatic heterocycles. The minimum Gasteiger partial charge on any atom is -0.480 e. The molecule has 4 nitrogen and oxygen atoms in total. The van der Waals surface area contributed by atoms with Gasteiger partial charge in [-0.05, 0) is 12.8 Å². The topological polar surface area (TPSA) is 52.1 Å². The first-order chi connectivity index (χ1) is 6.57. The second-order valence-corrected chi connectivity index (χ2v) is 3.35. The first kappa shape index (κ1) is 10.6. The molecule has 0 unspecified atom stereocenters. The minimum absolute atomic E-state index is 0.0637. The molecule has 0 fully saturated rings. The van der Waals surface area contributed by atoms with E-state index in [-0.39, 0.29) is 11.7 Å². The summed E-state index contributed by atoms with van der Waals surface area (Å²) in [7, 11) is 1.50. The van der Waals surface area contributed by atoms with E-state index in [2.05, 4.69) is 9.97 Å². The van der Waals surface area contributed by atoms with Crippen LogP contribution in [0.3, 0.4) is 0 Å². The number of carbonyl (C=O) groups excluding carboxylic acids is 1. The molecule has 4 heteroatoms. The Morgan fingerprint density at radius 2 is 2.07 bits per heavy atom. The Bertz CT molecular complexity index is 348. The molecule has 0 bridgehead atoms. The van der Waals surface area contributed by atoms with Crippen molar-refractivity contribution < 1.29 is 9.53 Å². The molecule has 0 aliphatic carbocycles. The molecule has 0 radical (unpaired) electrons. The Balaban J connectivity index is 3.35. The van der Waals surface area contributed by atoms with E-state index in [4.69, 9.17) is 4.74 Å². The number of carbonyl (C=O) groups is 1. The number of hydrogen-bond donors (Lipinski definition) is 0. The molecular formula is C10H14N2O2. The zero-order chi connectivity index (χ0) is 10.7. The fraction of sp³-hybridized carbons (Fsp3) is 0.500. The van der Waals surface area contributed by atoms with Crippen molar-refractivity contribution in [2.45, 2.75) is 26.7 Å². The van der Waals surface area contributed by atoms with Crippen molar-refractivity contribution in [1.29, 1.82) is 0 Å².